The maximum Gasteiger partial charge on any atom is 0.230 e. The third-order valence-corrected chi connectivity index (χ3v) is 4.06. The van der Waals surface area contributed by atoms with Gasteiger partial charge in [-0.15, -0.1) is 10.2 Å². The SMILES string of the molecule is COc1ccc(-c2ccc(SC(C)C(N)=O)nn2)cc1OC. The summed E-state index contributed by atoms with van der Waals surface area (Å²) in [5.74, 6) is 0.903. The highest BCUT2D eigenvalue weighted by Crippen LogP contribution is 2.31. The molecule has 1 atom stereocenters. The molecule has 116 valence electrons. The van der Waals surface area contributed by atoms with E-state index in [0.717, 1.165) is 5.56 Å². The standard InChI is InChI=1S/C15H17N3O3S/c1-9(15(16)19)22-14-7-5-11(17-18-14)10-4-6-12(20-2)13(8-10)21-3/h4-9H,1-3H3,(H2,16,19). The summed E-state index contributed by atoms with van der Waals surface area (Å²) in [6.45, 7) is 1.73. The third kappa shape index (κ3) is 3.67. The summed E-state index contributed by atoms with van der Waals surface area (Å²) in [7, 11) is 3.17. The van der Waals surface area contributed by atoms with Crippen LogP contribution in [0.25, 0.3) is 11.3 Å². The van der Waals surface area contributed by atoms with Crippen LogP contribution in [0.5, 0.6) is 11.5 Å². The van der Waals surface area contributed by atoms with E-state index in [-0.39, 0.29) is 11.2 Å². The van der Waals surface area contributed by atoms with Crippen molar-refractivity contribution in [1.29, 1.82) is 0 Å². The Bertz CT molecular complexity index is 662. The second-order valence-electron chi connectivity index (χ2n) is 4.49. The highest BCUT2D eigenvalue weighted by Gasteiger charge is 2.12. The second kappa shape index (κ2) is 7.13. The number of rotatable bonds is 6. The van der Waals surface area contributed by atoms with Crippen molar-refractivity contribution >= 4 is 17.7 Å². The minimum absolute atomic E-state index is 0.346. The van der Waals surface area contributed by atoms with Gasteiger partial charge in [0.25, 0.3) is 0 Å². The lowest BCUT2D eigenvalue weighted by molar-refractivity contribution is -0.117. The lowest BCUT2D eigenvalue weighted by atomic mass is 10.1. The molecule has 1 unspecified atom stereocenters. The van der Waals surface area contributed by atoms with Crippen molar-refractivity contribution in [2.45, 2.75) is 17.2 Å². The summed E-state index contributed by atoms with van der Waals surface area (Å²) in [6, 6.07) is 9.17. The summed E-state index contributed by atoms with van der Waals surface area (Å²) in [6.07, 6.45) is 0. The molecular formula is C15H17N3O3S. The Morgan fingerprint density at radius 3 is 2.41 bits per heavy atom. The van der Waals surface area contributed by atoms with E-state index in [0.29, 0.717) is 22.2 Å². The average molecular weight is 319 g/mol. The Hall–Kier alpha value is -2.28. The molecule has 0 spiro atoms. The van der Waals surface area contributed by atoms with Gasteiger partial charge in [-0.1, -0.05) is 11.8 Å². The van der Waals surface area contributed by atoms with Crippen molar-refractivity contribution in [1.82, 2.24) is 10.2 Å². The minimum atomic E-state index is -0.379. The number of carbonyl (C=O) groups is 1. The molecular weight excluding hydrogens is 302 g/mol. The molecule has 0 aliphatic carbocycles. The smallest absolute Gasteiger partial charge is 0.230 e. The van der Waals surface area contributed by atoms with Crippen LogP contribution in [0.15, 0.2) is 35.4 Å². The van der Waals surface area contributed by atoms with E-state index < -0.39 is 0 Å². The first-order chi connectivity index (χ1) is 10.5. The molecule has 0 fully saturated rings. The van der Waals surface area contributed by atoms with Crippen molar-refractivity contribution < 1.29 is 14.3 Å². The Morgan fingerprint density at radius 1 is 1.14 bits per heavy atom. The van der Waals surface area contributed by atoms with Gasteiger partial charge in [0.15, 0.2) is 11.5 Å². The number of methoxy groups -OCH3 is 2. The van der Waals surface area contributed by atoms with E-state index in [4.69, 9.17) is 15.2 Å². The van der Waals surface area contributed by atoms with Gasteiger partial charge in [-0.3, -0.25) is 4.79 Å². The number of amides is 1. The number of thioether (sulfide) groups is 1. The van der Waals surface area contributed by atoms with Crippen molar-refractivity contribution in [2.75, 3.05) is 14.2 Å². The van der Waals surface area contributed by atoms with E-state index in [1.165, 1.54) is 11.8 Å². The molecule has 22 heavy (non-hydrogen) atoms. The van der Waals surface area contributed by atoms with Crippen molar-refractivity contribution in [3.05, 3.63) is 30.3 Å². The molecule has 0 aliphatic rings. The van der Waals surface area contributed by atoms with Gasteiger partial charge in [0, 0.05) is 5.56 Å². The number of nitrogens with two attached hydrogens (primary N) is 1. The highest BCUT2D eigenvalue weighted by molar-refractivity contribution is 8.00. The Morgan fingerprint density at radius 2 is 1.86 bits per heavy atom. The maximum atomic E-state index is 11.1. The number of aromatic nitrogens is 2. The minimum Gasteiger partial charge on any atom is -0.493 e. The van der Waals surface area contributed by atoms with E-state index in [1.807, 2.05) is 30.3 Å². The number of hydrogen-bond acceptors (Lipinski definition) is 6. The monoisotopic (exact) mass is 319 g/mol. The van der Waals surface area contributed by atoms with Crippen molar-refractivity contribution in [3.63, 3.8) is 0 Å². The molecule has 2 N–H and O–H groups in total. The lowest BCUT2D eigenvalue weighted by Gasteiger charge is -2.09. The summed E-state index contributed by atoms with van der Waals surface area (Å²) >= 11 is 1.28. The molecule has 0 saturated carbocycles. The van der Waals surface area contributed by atoms with Crippen LogP contribution in [0.3, 0.4) is 0 Å². The fourth-order valence-electron chi connectivity index (χ4n) is 1.77. The largest absolute Gasteiger partial charge is 0.493 e. The molecule has 1 aromatic heterocycles. The molecule has 0 aliphatic heterocycles. The van der Waals surface area contributed by atoms with Crippen LogP contribution in [-0.4, -0.2) is 35.6 Å². The summed E-state index contributed by atoms with van der Waals surface area (Å²) in [4.78, 5) is 11.1. The molecule has 2 rings (SSSR count). The first kappa shape index (κ1) is 16.1. The van der Waals surface area contributed by atoms with Crippen LogP contribution in [0.1, 0.15) is 6.92 Å². The quantitative estimate of drug-likeness (QED) is 0.821. The van der Waals surface area contributed by atoms with Gasteiger partial charge >= 0.3 is 0 Å². The predicted octanol–water partition coefficient (Wildman–Crippen LogP) is 2.13. The van der Waals surface area contributed by atoms with Crippen LogP contribution < -0.4 is 15.2 Å². The van der Waals surface area contributed by atoms with E-state index in [9.17, 15) is 4.79 Å². The predicted molar refractivity (Wildman–Crippen MR) is 85.1 cm³/mol. The molecule has 1 aromatic carbocycles. The van der Waals surface area contributed by atoms with Crippen molar-refractivity contribution in [2.24, 2.45) is 5.73 Å². The summed E-state index contributed by atoms with van der Waals surface area (Å²) < 4.78 is 10.5. The highest BCUT2D eigenvalue weighted by atomic mass is 32.2. The number of hydrogen-bond donors (Lipinski definition) is 1. The van der Waals surface area contributed by atoms with Gasteiger partial charge in [-0.05, 0) is 37.3 Å². The van der Waals surface area contributed by atoms with E-state index >= 15 is 0 Å². The maximum absolute atomic E-state index is 11.1. The number of ether oxygens (including phenoxy) is 2. The first-order valence-corrected chi connectivity index (χ1v) is 7.45. The fourth-order valence-corrected chi connectivity index (χ4v) is 2.48. The van der Waals surface area contributed by atoms with Crippen LogP contribution >= 0.6 is 11.8 Å². The number of benzene rings is 1. The Labute approximate surface area is 133 Å². The van der Waals surface area contributed by atoms with Gasteiger partial charge in [0.1, 0.15) is 5.03 Å². The van der Waals surface area contributed by atoms with Gasteiger partial charge in [-0.25, -0.2) is 0 Å². The van der Waals surface area contributed by atoms with Gasteiger partial charge in [-0.2, -0.15) is 0 Å². The van der Waals surface area contributed by atoms with Crippen molar-refractivity contribution in [3.8, 4) is 22.8 Å². The zero-order chi connectivity index (χ0) is 16.1. The molecule has 0 radical (unpaired) electrons. The topological polar surface area (TPSA) is 87.3 Å². The molecule has 0 bridgehead atoms. The summed E-state index contributed by atoms with van der Waals surface area (Å²) in [5, 5.41) is 8.58. The zero-order valence-corrected chi connectivity index (χ0v) is 13.4. The molecule has 6 nitrogen and oxygen atoms in total. The van der Waals surface area contributed by atoms with E-state index in [2.05, 4.69) is 10.2 Å². The summed E-state index contributed by atoms with van der Waals surface area (Å²) in [5.41, 5.74) is 6.80. The fraction of sp³-hybridized carbons (Fsp3) is 0.267. The number of nitrogens with zero attached hydrogens (tertiary/aromatic N) is 2. The molecule has 7 heteroatoms. The normalized spacial score (nSPS) is 11.8. The molecule has 0 saturated heterocycles. The van der Waals surface area contributed by atoms with Gasteiger partial charge < -0.3 is 15.2 Å². The molecule has 1 heterocycles. The van der Waals surface area contributed by atoms with Crippen LogP contribution in [0, 0.1) is 0 Å². The van der Waals surface area contributed by atoms with Crippen LogP contribution in [0.2, 0.25) is 0 Å². The number of primary amides is 1. The zero-order valence-electron chi connectivity index (χ0n) is 12.6. The average Bonchev–Trinajstić information content (AvgIpc) is 2.54. The number of carbonyl (C=O) groups excluding carboxylic acids is 1. The first-order valence-electron chi connectivity index (χ1n) is 6.57. The van der Waals surface area contributed by atoms with Crippen LogP contribution in [-0.2, 0) is 4.79 Å². The Balaban J connectivity index is 2.21. The molecule has 2 aromatic rings. The second-order valence-corrected chi connectivity index (χ2v) is 5.85. The third-order valence-electron chi connectivity index (χ3n) is 3.02. The van der Waals surface area contributed by atoms with Crippen LogP contribution in [0.4, 0.5) is 0 Å². The Kier molecular flexibility index (Phi) is 5.21. The van der Waals surface area contributed by atoms with Gasteiger partial charge in [0.2, 0.25) is 5.91 Å². The molecule has 1 amide bonds. The lowest BCUT2D eigenvalue weighted by Crippen LogP contribution is -2.22. The van der Waals surface area contributed by atoms with Gasteiger partial charge in [0.05, 0.1) is 25.2 Å². The van der Waals surface area contributed by atoms with E-state index in [1.54, 1.807) is 21.1 Å².